The van der Waals surface area contributed by atoms with Crippen LogP contribution in [0.15, 0.2) is 0 Å². The highest BCUT2D eigenvalue weighted by Gasteiger charge is 2.61. The lowest BCUT2D eigenvalue weighted by Crippen LogP contribution is -2.16. The fraction of sp³-hybridized carbons (Fsp3) is 0.875. The van der Waals surface area contributed by atoms with Crippen molar-refractivity contribution in [3.8, 4) is 0 Å². The van der Waals surface area contributed by atoms with Crippen molar-refractivity contribution < 1.29 is 9.53 Å². The second-order valence-corrected chi connectivity index (χ2v) is 3.77. The van der Waals surface area contributed by atoms with Crippen molar-refractivity contribution >= 4 is 6.29 Å². The minimum absolute atomic E-state index is 0.165. The molecule has 1 aliphatic carbocycles. The fourth-order valence-electron chi connectivity index (χ4n) is 1.48. The molecule has 0 aliphatic heterocycles. The first-order valence-corrected chi connectivity index (χ1v) is 3.53. The van der Waals surface area contributed by atoms with Crippen molar-refractivity contribution in [2.24, 2.45) is 10.8 Å². The number of aldehydes is 1. The van der Waals surface area contributed by atoms with Gasteiger partial charge in [0.15, 0.2) is 0 Å². The molecule has 58 valence electrons. The SMILES string of the molecule is COCC1(C=O)CC1(C)C. The van der Waals surface area contributed by atoms with Crippen LogP contribution in [0.5, 0.6) is 0 Å². The summed E-state index contributed by atoms with van der Waals surface area (Å²) in [6.45, 7) is 4.77. The van der Waals surface area contributed by atoms with Gasteiger partial charge >= 0.3 is 0 Å². The summed E-state index contributed by atoms with van der Waals surface area (Å²) >= 11 is 0. The van der Waals surface area contributed by atoms with Gasteiger partial charge in [-0.2, -0.15) is 0 Å². The smallest absolute Gasteiger partial charge is 0.129 e. The molecule has 1 atom stereocenters. The Morgan fingerprint density at radius 2 is 2.10 bits per heavy atom. The summed E-state index contributed by atoms with van der Waals surface area (Å²) in [7, 11) is 1.64. The predicted octanol–water partition coefficient (Wildman–Crippen LogP) is 1.25. The molecule has 0 N–H and O–H groups in total. The van der Waals surface area contributed by atoms with Crippen molar-refractivity contribution in [2.45, 2.75) is 20.3 Å². The number of hydrogen-bond donors (Lipinski definition) is 0. The lowest BCUT2D eigenvalue weighted by molar-refractivity contribution is -0.115. The maximum atomic E-state index is 10.6. The van der Waals surface area contributed by atoms with E-state index in [1.807, 2.05) is 0 Å². The van der Waals surface area contributed by atoms with Gasteiger partial charge in [-0.15, -0.1) is 0 Å². The van der Waals surface area contributed by atoms with Crippen LogP contribution in [-0.2, 0) is 9.53 Å². The zero-order chi connectivity index (χ0) is 7.83. The van der Waals surface area contributed by atoms with E-state index in [0.717, 1.165) is 12.7 Å². The topological polar surface area (TPSA) is 26.3 Å². The molecule has 2 nitrogen and oxygen atoms in total. The molecule has 0 bridgehead atoms. The molecular weight excluding hydrogens is 128 g/mol. The largest absolute Gasteiger partial charge is 0.384 e. The normalized spacial score (nSPS) is 35.5. The molecule has 0 aromatic carbocycles. The lowest BCUT2D eigenvalue weighted by atomic mass is 9.99. The summed E-state index contributed by atoms with van der Waals surface area (Å²) in [5.74, 6) is 0. The molecule has 1 saturated carbocycles. The molecule has 0 heterocycles. The standard InChI is InChI=1S/C8H14O2/c1-7(2)4-8(7,5-9)6-10-3/h5H,4,6H2,1-3H3. The Balaban J connectivity index is 2.59. The zero-order valence-electron chi connectivity index (χ0n) is 6.81. The van der Waals surface area contributed by atoms with E-state index in [-0.39, 0.29) is 10.8 Å². The minimum Gasteiger partial charge on any atom is -0.384 e. The summed E-state index contributed by atoms with van der Waals surface area (Å²) < 4.78 is 4.96. The van der Waals surface area contributed by atoms with E-state index >= 15 is 0 Å². The van der Waals surface area contributed by atoms with E-state index in [4.69, 9.17) is 4.74 Å². The molecule has 0 aromatic heterocycles. The lowest BCUT2D eigenvalue weighted by Gasteiger charge is -2.10. The molecule has 0 spiro atoms. The summed E-state index contributed by atoms with van der Waals surface area (Å²) in [5.41, 5.74) is 0.00646. The van der Waals surface area contributed by atoms with Gasteiger partial charge in [-0.05, 0) is 11.8 Å². The third-order valence-corrected chi connectivity index (χ3v) is 2.61. The minimum atomic E-state index is -0.165. The highest BCUT2D eigenvalue weighted by atomic mass is 16.5. The first-order chi connectivity index (χ1) is 4.58. The van der Waals surface area contributed by atoms with Gasteiger partial charge in [0.1, 0.15) is 6.29 Å². The van der Waals surface area contributed by atoms with Crippen molar-refractivity contribution in [1.29, 1.82) is 0 Å². The quantitative estimate of drug-likeness (QED) is 0.554. The van der Waals surface area contributed by atoms with Crippen LogP contribution in [0.3, 0.4) is 0 Å². The fourth-order valence-corrected chi connectivity index (χ4v) is 1.48. The Morgan fingerprint density at radius 1 is 1.60 bits per heavy atom. The molecule has 1 unspecified atom stereocenters. The molecule has 1 aliphatic rings. The van der Waals surface area contributed by atoms with Gasteiger partial charge < -0.3 is 9.53 Å². The number of rotatable bonds is 3. The molecule has 0 amide bonds. The predicted molar refractivity (Wildman–Crippen MR) is 38.8 cm³/mol. The molecule has 2 heteroatoms. The summed E-state index contributed by atoms with van der Waals surface area (Å²) in [6.07, 6.45) is 2.01. The molecule has 1 fully saturated rings. The highest BCUT2D eigenvalue weighted by Crippen LogP contribution is 2.61. The van der Waals surface area contributed by atoms with E-state index in [2.05, 4.69) is 13.8 Å². The van der Waals surface area contributed by atoms with Gasteiger partial charge in [0, 0.05) is 7.11 Å². The van der Waals surface area contributed by atoms with E-state index in [1.165, 1.54) is 0 Å². The van der Waals surface area contributed by atoms with Crippen molar-refractivity contribution in [3.63, 3.8) is 0 Å². The van der Waals surface area contributed by atoms with Gasteiger partial charge in [0.05, 0.1) is 12.0 Å². The molecule has 0 aromatic rings. The van der Waals surface area contributed by atoms with Crippen LogP contribution < -0.4 is 0 Å². The van der Waals surface area contributed by atoms with Crippen molar-refractivity contribution in [2.75, 3.05) is 13.7 Å². The first-order valence-electron chi connectivity index (χ1n) is 3.53. The Bertz CT molecular complexity index is 151. The zero-order valence-corrected chi connectivity index (χ0v) is 6.81. The van der Waals surface area contributed by atoms with Crippen LogP contribution in [0, 0.1) is 10.8 Å². The second kappa shape index (κ2) is 2.06. The maximum absolute atomic E-state index is 10.6. The number of carbonyl (C=O) groups excluding carboxylic acids is 1. The Labute approximate surface area is 61.6 Å². The van der Waals surface area contributed by atoms with E-state index in [9.17, 15) is 4.79 Å². The molecule has 0 saturated heterocycles. The number of methoxy groups -OCH3 is 1. The van der Waals surface area contributed by atoms with E-state index in [1.54, 1.807) is 7.11 Å². The average molecular weight is 142 g/mol. The third-order valence-electron chi connectivity index (χ3n) is 2.61. The van der Waals surface area contributed by atoms with E-state index < -0.39 is 0 Å². The van der Waals surface area contributed by atoms with Gasteiger partial charge in [-0.25, -0.2) is 0 Å². The third kappa shape index (κ3) is 0.870. The number of ether oxygens (including phenoxy) is 1. The van der Waals surface area contributed by atoms with Gasteiger partial charge in [-0.1, -0.05) is 13.8 Å². The van der Waals surface area contributed by atoms with Crippen LogP contribution >= 0.6 is 0 Å². The Kier molecular flexibility index (Phi) is 1.59. The van der Waals surface area contributed by atoms with Crippen LogP contribution in [-0.4, -0.2) is 20.0 Å². The molecule has 10 heavy (non-hydrogen) atoms. The second-order valence-electron chi connectivity index (χ2n) is 3.77. The maximum Gasteiger partial charge on any atom is 0.129 e. The van der Waals surface area contributed by atoms with Crippen molar-refractivity contribution in [1.82, 2.24) is 0 Å². The molecular formula is C8H14O2. The average Bonchev–Trinajstić information content (AvgIpc) is 2.37. The Hall–Kier alpha value is -0.370. The molecule has 1 rings (SSSR count). The first kappa shape index (κ1) is 7.73. The van der Waals surface area contributed by atoms with Crippen LogP contribution in [0.4, 0.5) is 0 Å². The van der Waals surface area contributed by atoms with Crippen molar-refractivity contribution in [3.05, 3.63) is 0 Å². The number of carbonyl (C=O) groups is 1. The van der Waals surface area contributed by atoms with Gasteiger partial charge in [0.2, 0.25) is 0 Å². The summed E-state index contributed by atoms with van der Waals surface area (Å²) in [6, 6.07) is 0. The Morgan fingerprint density at radius 3 is 2.20 bits per heavy atom. The monoisotopic (exact) mass is 142 g/mol. The van der Waals surface area contributed by atoms with Crippen LogP contribution in [0.2, 0.25) is 0 Å². The molecule has 0 radical (unpaired) electrons. The summed E-state index contributed by atoms with van der Waals surface area (Å²) in [5, 5.41) is 0. The van der Waals surface area contributed by atoms with Gasteiger partial charge in [0.25, 0.3) is 0 Å². The summed E-state index contributed by atoms with van der Waals surface area (Å²) in [4.78, 5) is 10.6. The van der Waals surface area contributed by atoms with Crippen LogP contribution in [0.25, 0.3) is 0 Å². The van der Waals surface area contributed by atoms with Crippen LogP contribution in [0.1, 0.15) is 20.3 Å². The highest BCUT2D eigenvalue weighted by molar-refractivity contribution is 5.66. The van der Waals surface area contributed by atoms with E-state index in [0.29, 0.717) is 6.61 Å². The van der Waals surface area contributed by atoms with Gasteiger partial charge in [-0.3, -0.25) is 0 Å². The number of hydrogen-bond acceptors (Lipinski definition) is 2.